The minimum absolute atomic E-state index is 0.354. The van der Waals surface area contributed by atoms with Crippen molar-refractivity contribution in [3.8, 4) is 0 Å². The summed E-state index contributed by atoms with van der Waals surface area (Å²) in [7, 11) is 1.37. The fourth-order valence-electron chi connectivity index (χ4n) is 1.83. The summed E-state index contributed by atoms with van der Waals surface area (Å²) in [6, 6.07) is 1.92. The van der Waals surface area contributed by atoms with Crippen LogP contribution in [0.5, 0.6) is 0 Å². The lowest BCUT2D eigenvalue weighted by atomic mass is 10.2. The summed E-state index contributed by atoms with van der Waals surface area (Å²) in [4.78, 5) is 16.2. The molecule has 0 aliphatic heterocycles. The monoisotopic (exact) mass is 267 g/mol. The van der Waals surface area contributed by atoms with Crippen LogP contribution in [0.2, 0.25) is 5.02 Å². The largest absolute Gasteiger partial charge is 0.465 e. The van der Waals surface area contributed by atoms with Gasteiger partial charge in [-0.2, -0.15) is 0 Å². The number of pyridine rings is 1. The van der Waals surface area contributed by atoms with Gasteiger partial charge in [0.05, 0.1) is 27.9 Å². The first kappa shape index (κ1) is 11.0. The number of aromatic nitrogens is 1. The van der Waals surface area contributed by atoms with Crippen LogP contribution >= 0.6 is 22.9 Å². The van der Waals surface area contributed by atoms with Gasteiger partial charge < -0.3 is 4.74 Å². The number of carbonyl (C=O) groups is 1. The third-order valence-corrected chi connectivity index (χ3v) is 4.31. The van der Waals surface area contributed by atoms with Crippen molar-refractivity contribution in [2.24, 2.45) is 0 Å². The minimum atomic E-state index is -0.354. The second-order valence-corrected chi connectivity index (χ2v) is 5.41. The molecule has 1 fully saturated rings. The molecule has 5 heteroatoms. The molecule has 0 atom stereocenters. The van der Waals surface area contributed by atoms with Gasteiger partial charge in [0.15, 0.2) is 0 Å². The number of hydrogen-bond acceptors (Lipinski definition) is 4. The van der Waals surface area contributed by atoms with Gasteiger partial charge in [0, 0.05) is 17.0 Å². The Balaban J connectivity index is 2.21. The Morgan fingerprint density at radius 2 is 2.35 bits per heavy atom. The first-order chi connectivity index (χ1) is 8.20. The zero-order chi connectivity index (χ0) is 12.0. The maximum atomic E-state index is 11.6. The molecule has 1 saturated carbocycles. The third-order valence-electron chi connectivity index (χ3n) is 2.90. The Morgan fingerprint density at radius 3 is 3.00 bits per heavy atom. The summed E-state index contributed by atoms with van der Waals surface area (Å²) in [6.07, 6.45) is 2.32. The van der Waals surface area contributed by atoms with Crippen LogP contribution in [0, 0.1) is 0 Å². The molecule has 1 aliphatic carbocycles. The number of thiophene rings is 1. The summed E-state index contributed by atoms with van der Waals surface area (Å²) in [5.41, 5.74) is 2.18. The van der Waals surface area contributed by atoms with Crippen LogP contribution in [0.25, 0.3) is 10.2 Å². The van der Waals surface area contributed by atoms with Crippen LogP contribution < -0.4 is 0 Å². The van der Waals surface area contributed by atoms with Crippen molar-refractivity contribution >= 4 is 39.1 Å². The Labute approximate surface area is 107 Å². The molecule has 0 spiro atoms. The predicted molar refractivity (Wildman–Crippen MR) is 67.9 cm³/mol. The van der Waals surface area contributed by atoms with E-state index in [9.17, 15) is 4.79 Å². The molecule has 3 nitrogen and oxygen atoms in total. The fraction of sp³-hybridized carbons (Fsp3) is 0.333. The van der Waals surface area contributed by atoms with Crippen molar-refractivity contribution in [3.63, 3.8) is 0 Å². The molecule has 0 amide bonds. The topological polar surface area (TPSA) is 39.2 Å². The van der Waals surface area contributed by atoms with Crippen molar-refractivity contribution in [2.45, 2.75) is 18.8 Å². The number of fused-ring (bicyclic) bond motifs is 1. The van der Waals surface area contributed by atoms with E-state index in [-0.39, 0.29) is 5.97 Å². The average Bonchev–Trinajstić information content (AvgIpc) is 3.08. The average molecular weight is 268 g/mol. The summed E-state index contributed by atoms with van der Waals surface area (Å²) in [6.45, 7) is 0. The molecular weight excluding hydrogens is 258 g/mol. The van der Waals surface area contributed by atoms with Crippen LogP contribution in [0.15, 0.2) is 11.4 Å². The van der Waals surface area contributed by atoms with Gasteiger partial charge in [0.2, 0.25) is 0 Å². The lowest BCUT2D eigenvalue weighted by molar-refractivity contribution is 0.0603. The normalized spacial score (nSPS) is 15.2. The Kier molecular flexibility index (Phi) is 2.56. The van der Waals surface area contributed by atoms with E-state index in [1.54, 1.807) is 5.38 Å². The number of hydrogen-bond donors (Lipinski definition) is 0. The molecule has 0 saturated heterocycles. The van der Waals surface area contributed by atoms with Crippen LogP contribution in [0.1, 0.15) is 34.8 Å². The zero-order valence-corrected chi connectivity index (χ0v) is 10.8. The van der Waals surface area contributed by atoms with Crippen molar-refractivity contribution in [1.82, 2.24) is 4.98 Å². The lowest BCUT2D eigenvalue weighted by Crippen LogP contribution is -2.01. The summed E-state index contributed by atoms with van der Waals surface area (Å²) >= 11 is 7.64. The van der Waals surface area contributed by atoms with Gasteiger partial charge in [-0.25, -0.2) is 4.79 Å². The highest BCUT2D eigenvalue weighted by atomic mass is 35.5. The molecule has 88 valence electrons. The van der Waals surface area contributed by atoms with Crippen molar-refractivity contribution in [1.29, 1.82) is 0 Å². The number of nitrogens with zero attached hydrogens (tertiary/aromatic N) is 1. The smallest absolute Gasteiger partial charge is 0.340 e. The standard InChI is InChI=1S/C12H10ClNO2S/c1-16-12(15)7-5-17-11-8(13)4-9(6-2-3-6)14-10(7)11/h4-6H,2-3H2,1H3. The molecule has 0 aromatic carbocycles. The predicted octanol–water partition coefficient (Wildman–Crippen LogP) is 3.61. The number of ether oxygens (including phenoxy) is 1. The van der Waals surface area contributed by atoms with Gasteiger partial charge in [-0.15, -0.1) is 11.3 Å². The number of rotatable bonds is 2. The van der Waals surface area contributed by atoms with Crippen molar-refractivity contribution in [2.75, 3.05) is 7.11 Å². The first-order valence-electron chi connectivity index (χ1n) is 5.36. The van der Waals surface area contributed by atoms with Crippen molar-refractivity contribution in [3.05, 3.63) is 27.7 Å². The molecule has 0 bridgehead atoms. The van der Waals surface area contributed by atoms with E-state index in [0.717, 1.165) is 23.2 Å². The second-order valence-electron chi connectivity index (χ2n) is 4.12. The lowest BCUT2D eigenvalue weighted by Gasteiger charge is -2.02. The van der Waals surface area contributed by atoms with E-state index >= 15 is 0 Å². The summed E-state index contributed by atoms with van der Waals surface area (Å²) in [5, 5.41) is 2.43. The maximum Gasteiger partial charge on any atom is 0.340 e. The van der Waals surface area contributed by atoms with Crippen LogP contribution in [0.3, 0.4) is 0 Å². The maximum absolute atomic E-state index is 11.6. The number of methoxy groups -OCH3 is 1. The van der Waals surface area contributed by atoms with Crippen molar-refractivity contribution < 1.29 is 9.53 Å². The molecule has 0 unspecified atom stereocenters. The van der Waals surface area contributed by atoms with Gasteiger partial charge >= 0.3 is 5.97 Å². The highest BCUT2D eigenvalue weighted by Gasteiger charge is 2.27. The van der Waals surface area contributed by atoms with Crippen LogP contribution in [-0.4, -0.2) is 18.1 Å². The third kappa shape index (κ3) is 1.81. The molecule has 2 aromatic rings. The Bertz CT molecular complexity index is 604. The number of carbonyl (C=O) groups excluding carboxylic acids is 1. The Hall–Kier alpha value is -1.13. The van der Waals surface area contributed by atoms with Crippen LogP contribution in [-0.2, 0) is 4.74 Å². The molecule has 1 aliphatic rings. The molecule has 3 rings (SSSR count). The van der Waals surface area contributed by atoms with Gasteiger partial charge in [0.25, 0.3) is 0 Å². The van der Waals surface area contributed by atoms with Gasteiger partial charge in [-0.3, -0.25) is 4.98 Å². The summed E-state index contributed by atoms with van der Waals surface area (Å²) in [5.74, 6) is 0.162. The first-order valence-corrected chi connectivity index (χ1v) is 6.62. The summed E-state index contributed by atoms with van der Waals surface area (Å²) < 4.78 is 5.60. The molecule has 0 radical (unpaired) electrons. The van der Waals surface area contributed by atoms with E-state index in [1.165, 1.54) is 18.4 Å². The fourth-order valence-corrected chi connectivity index (χ4v) is 3.05. The number of halogens is 1. The van der Waals surface area contributed by atoms with Crippen LogP contribution in [0.4, 0.5) is 0 Å². The van der Waals surface area contributed by atoms with Gasteiger partial charge in [0.1, 0.15) is 0 Å². The van der Waals surface area contributed by atoms with Gasteiger partial charge in [-0.05, 0) is 18.9 Å². The Morgan fingerprint density at radius 1 is 1.59 bits per heavy atom. The molecular formula is C12H10ClNO2S. The number of esters is 1. The molecule has 2 aromatic heterocycles. The van der Waals surface area contributed by atoms with E-state index in [0.29, 0.717) is 22.0 Å². The molecule has 2 heterocycles. The highest BCUT2D eigenvalue weighted by Crippen LogP contribution is 2.42. The van der Waals surface area contributed by atoms with Gasteiger partial charge in [-0.1, -0.05) is 11.6 Å². The van der Waals surface area contributed by atoms with E-state index < -0.39 is 0 Å². The minimum Gasteiger partial charge on any atom is -0.465 e. The van der Waals surface area contributed by atoms with E-state index in [4.69, 9.17) is 16.3 Å². The van der Waals surface area contributed by atoms with E-state index in [2.05, 4.69) is 4.98 Å². The molecule has 0 N–H and O–H groups in total. The highest BCUT2D eigenvalue weighted by molar-refractivity contribution is 7.18. The molecule has 17 heavy (non-hydrogen) atoms. The SMILES string of the molecule is COC(=O)c1csc2c(Cl)cc(C3CC3)nc12. The quantitative estimate of drug-likeness (QED) is 0.780. The van der Waals surface area contributed by atoms with E-state index in [1.807, 2.05) is 6.07 Å². The zero-order valence-electron chi connectivity index (χ0n) is 9.20. The second kappa shape index (κ2) is 3.96.